The standard InChI is InChI=1S/C19H22FN3O3.C4H5N/c1-11(2)8-16-18(24)21-12(3)10-23(16)19(25)15-9-17(26-22-15)13-4-6-14(20)7-5-13;1-2-4-5-3-1/h4-7,9,11-12,16H,8,10H2,1-3H3,(H,21,24);1-5H. The fourth-order valence-electron chi connectivity index (χ4n) is 3.40. The lowest BCUT2D eigenvalue weighted by atomic mass is 9.98. The Morgan fingerprint density at radius 3 is 2.52 bits per heavy atom. The summed E-state index contributed by atoms with van der Waals surface area (Å²) in [5.74, 6) is -0.193. The average molecular weight is 426 g/mol. The Kier molecular flexibility index (Phi) is 7.23. The van der Waals surface area contributed by atoms with Crippen molar-refractivity contribution in [2.24, 2.45) is 5.92 Å². The van der Waals surface area contributed by atoms with Crippen molar-refractivity contribution >= 4 is 11.8 Å². The number of hydrogen-bond acceptors (Lipinski definition) is 4. The molecule has 1 aromatic carbocycles. The van der Waals surface area contributed by atoms with Crippen molar-refractivity contribution in [3.8, 4) is 11.3 Å². The maximum atomic E-state index is 13.1. The molecule has 4 rings (SSSR count). The number of amides is 2. The third kappa shape index (κ3) is 5.81. The highest BCUT2D eigenvalue weighted by Gasteiger charge is 2.37. The second kappa shape index (κ2) is 10.1. The molecular weight excluding hydrogens is 399 g/mol. The number of aromatic nitrogens is 2. The van der Waals surface area contributed by atoms with Crippen LogP contribution in [0, 0.1) is 11.7 Å². The third-order valence-electron chi connectivity index (χ3n) is 4.85. The van der Waals surface area contributed by atoms with Crippen LogP contribution >= 0.6 is 0 Å². The monoisotopic (exact) mass is 426 g/mol. The van der Waals surface area contributed by atoms with E-state index in [1.807, 2.05) is 45.3 Å². The third-order valence-corrected chi connectivity index (χ3v) is 4.85. The van der Waals surface area contributed by atoms with E-state index in [4.69, 9.17) is 4.52 Å². The zero-order valence-corrected chi connectivity index (χ0v) is 17.8. The van der Waals surface area contributed by atoms with Gasteiger partial charge in [0, 0.05) is 36.6 Å². The Balaban J connectivity index is 0.000000478. The van der Waals surface area contributed by atoms with Crippen LogP contribution < -0.4 is 5.32 Å². The number of carbonyl (C=O) groups excluding carboxylic acids is 2. The van der Waals surface area contributed by atoms with Crippen LogP contribution in [0.25, 0.3) is 11.3 Å². The van der Waals surface area contributed by atoms with E-state index in [2.05, 4.69) is 15.5 Å². The Morgan fingerprint density at radius 2 is 1.94 bits per heavy atom. The van der Waals surface area contributed by atoms with Gasteiger partial charge in [-0.05, 0) is 55.7 Å². The van der Waals surface area contributed by atoms with E-state index >= 15 is 0 Å². The zero-order chi connectivity index (χ0) is 22.4. The molecule has 2 amide bonds. The molecule has 0 saturated carbocycles. The molecule has 7 nitrogen and oxygen atoms in total. The minimum Gasteiger partial charge on any atom is -0.368 e. The molecule has 2 unspecified atom stereocenters. The Morgan fingerprint density at radius 1 is 1.26 bits per heavy atom. The number of hydrogen-bond donors (Lipinski definition) is 2. The first-order chi connectivity index (χ1) is 14.8. The van der Waals surface area contributed by atoms with Gasteiger partial charge in [0.2, 0.25) is 5.91 Å². The van der Waals surface area contributed by atoms with Gasteiger partial charge < -0.3 is 19.7 Å². The topological polar surface area (TPSA) is 91.2 Å². The minimum atomic E-state index is -0.523. The van der Waals surface area contributed by atoms with Gasteiger partial charge in [-0.25, -0.2) is 4.39 Å². The SMILES string of the molecule is CC(C)CC1C(=O)NC(C)CN1C(=O)c1cc(-c2ccc(F)cc2)on1.c1cc[nH]c1. The highest BCUT2D eigenvalue weighted by molar-refractivity contribution is 5.97. The maximum Gasteiger partial charge on any atom is 0.276 e. The predicted octanol–water partition coefficient (Wildman–Crippen LogP) is 3.87. The van der Waals surface area contributed by atoms with Gasteiger partial charge in [-0.2, -0.15) is 0 Å². The first kappa shape index (κ1) is 22.3. The van der Waals surface area contributed by atoms with Gasteiger partial charge in [-0.3, -0.25) is 9.59 Å². The second-order valence-electron chi connectivity index (χ2n) is 7.98. The van der Waals surface area contributed by atoms with Crippen molar-refractivity contribution in [3.05, 3.63) is 66.4 Å². The molecule has 1 saturated heterocycles. The normalized spacial score (nSPS) is 18.4. The number of benzene rings is 1. The molecule has 3 aromatic rings. The molecule has 2 N–H and O–H groups in total. The molecule has 31 heavy (non-hydrogen) atoms. The minimum absolute atomic E-state index is 0.127. The second-order valence-corrected chi connectivity index (χ2v) is 7.98. The van der Waals surface area contributed by atoms with Crippen LogP contribution in [0.4, 0.5) is 4.39 Å². The number of rotatable bonds is 4. The van der Waals surface area contributed by atoms with Crippen LogP contribution in [-0.2, 0) is 4.79 Å². The van der Waals surface area contributed by atoms with E-state index in [9.17, 15) is 14.0 Å². The van der Waals surface area contributed by atoms with E-state index < -0.39 is 6.04 Å². The van der Waals surface area contributed by atoms with E-state index in [0.717, 1.165) is 0 Å². The van der Waals surface area contributed by atoms with Crippen LogP contribution in [0.3, 0.4) is 0 Å². The van der Waals surface area contributed by atoms with Crippen LogP contribution in [-0.4, -0.2) is 45.5 Å². The molecule has 164 valence electrons. The molecule has 0 bridgehead atoms. The van der Waals surface area contributed by atoms with Gasteiger partial charge in [0.15, 0.2) is 11.5 Å². The van der Waals surface area contributed by atoms with Gasteiger partial charge in [0.1, 0.15) is 11.9 Å². The summed E-state index contributed by atoms with van der Waals surface area (Å²) >= 11 is 0. The number of nitrogens with one attached hydrogen (secondary N) is 2. The summed E-state index contributed by atoms with van der Waals surface area (Å²) in [6, 6.07) is 10.5. The lowest BCUT2D eigenvalue weighted by Gasteiger charge is -2.38. The van der Waals surface area contributed by atoms with Crippen LogP contribution in [0.1, 0.15) is 37.7 Å². The quantitative estimate of drug-likeness (QED) is 0.663. The smallest absolute Gasteiger partial charge is 0.276 e. The molecule has 2 aromatic heterocycles. The van der Waals surface area contributed by atoms with Gasteiger partial charge in [0.05, 0.1) is 0 Å². The van der Waals surface area contributed by atoms with E-state index in [1.165, 1.54) is 18.2 Å². The number of halogens is 1. The number of piperazine rings is 1. The summed E-state index contributed by atoms with van der Waals surface area (Å²) in [4.78, 5) is 29.7. The fourth-order valence-corrected chi connectivity index (χ4v) is 3.40. The van der Waals surface area contributed by atoms with Crippen LogP contribution in [0.2, 0.25) is 0 Å². The molecule has 2 atom stereocenters. The van der Waals surface area contributed by atoms with Crippen molar-refractivity contribution in [1.29, 1.82) is 0 Å². The summed E-state index contributed by atoms with van der Waals surface area (Å²) in [5, 5.41) is 6.76. The number of carbonyl (C=O) groups is 2. The summed E-state index contributed by atoms with van der Waals surface area (Å²) in [5.41, 5.74) is 0.765. The molecule has 1 aliphatic rings. The molecular formula is C23H27FN4O3. The highest BCUT2D eigenvalue weighted by atomic mass is 19.1. The van der Waals surface area contributed by atoms with Gasteiger partial charge >= 0.3 is 0 Å². The largest absolute Gasteiger partial charge is 0.368 e. The average Bonchev–Trinajstić information content (AvgIpc) is 3.45. The lowest BCUT2D eigenvalue weighted by Crippen LogP contribution is -2.61. The maximum absolute atomic E-state index is 13.1. The number of aromatic amines is 1. The van der Waals surface area contributed by atoms with Crippen molar-refractivity contribution < 1.29 is 18.5 Å². The molecule has 3 heterocycles. The summed E-state index contributed by atoms with van der Waals surface area (Å²) < 4.78 is 18.3. The zero-order valence-electron chi connectivity index (χ0n) is 17.8. The summed E-state index contributed by atoms with van der Waals surface area (Å²) in [7, 11) is 0. The first-order valence-corrected chi connectivity index (χ1v) is 10.3. The van der Waals surface area contributed by atoms with Crippen molar-refractivity contribution in [2.75, 3.05) is 6.54 Å². The van der Waals surface area contributed by atoms with E-state index in [0.29, 0.717) is 24.3 Å². The number of nitrogens with zero attached hydrogens (tertiary/aromatic N) is 2. The first-order valence-electron chi connectivity index (χ1n) is 10.3. The van der Waals surface area contributed by atoms with Crippen molar-refractivity contribution in [3.63, 3.8) is 0 Å². The van der Waals surface area contributed by atoms with E-state index in [-0.39, 0.29) is 35.3 Å². The Hall–Kier alpha value is -3.42. The Labute approximate surface area is 180 Å². The van der Waals surface area contributed by atoms with Crippen LogP contribution in [0.5, 0.6) is 0 Å². The van der Waals surface area contributed by atoms with Gasteiger partial charge in [-0.1, -0.05) is 19.0 Å². The highest BCUT2D eigenvalue weighted by Crippen LogP contribution is 2.23. The molecule has 0 aliphatic carbocycles. The lowest BCUT2D eigenvalue weighted by molar-refractivity contribution is -0.129. The molecule has 8 heteroatoms. The van der Waals surface area contributed by atoms with E-state index in [1.54, 1.807) is 17.0 Å². The van der Waals surface area contributed by atoms with Crippen molar-refractivity contribution in [1.82, 2.24) is 20.4 Å². The Bertz CT molecular complexity index is 965. The van der Waals surface area contributed by atoms with Crippen LogP contribution in [0.15, 0.2) is 59.4 Å². The molecule has 1 aliphatic heterocycles. The molecule has 0 spiro atoms. The fraction of sp³-hybridized carbons (Fsp3) is 0.348. The summed E-state index contributed by atoms with van der Waals surface area (Å²) in [6.07, 6.45) is 4.33. The number of H-pyrrole nitrogens is 1. The summed E-state index contributed by atoms with van der Waals surface area (Å²) in [6.45, 7) is 6.30. The van der Waals surface area contributed by atoms with Crippen molar-refractivity contribution in [2.45, 2.75) is 39.3 Å². The van der Waals surface area contributed by atoms with Gasteiger partial charge in [0.25, 0.3) is 5.91 Å². The predicted molar refractivity (Wildman–Crippen MR) is 115 cm³/mol. The molecule has 0 radical (unpaired) electrons. The molecule has 1 fully saturated rings. The van der Waals surface area contributed by atoms with Gasteiger partial charge in [-0.15, -0.1) is 0 Å².